The Bertz CT molecular complexity index is 1170. The summed E-state index contributed by atoms with van der Waals surface area (Å²) < 4.78 is 68.2. The van der Waals surface area contributed by atoms with E-state index >= 15 is 0 Å². The van der Waals surface area contributed by atoms with E-state index in [4.69, 9.17) is 0 Å². The number of rotatable bonds is 7. The van der Waals surface area contributed by atoms with E-state index in [1.54, 1.807) is 10.6 Å². The van der Waals surface area contributed by atoms with Crippen molar-refractivity contribution in [1.29, 1.82) is 0 Å². The van der Waals surface area contributed by atoms with Crippen LogP contribution in [-0.4, -0.2) is 49.8 Å². The molecule has 0 atom stereocenters. The van der Waals surface area contributed by atoms with Crippen LogP contribution < -0.4 is 10.6 Å². The molecule has 194 valence electrons. The summed E-state index contributed by atoms with van der Waals surface area (Å²) in [6.45, 7) is 0. The lowest BCUT2D eigenvalue weighted by atomic mass is 10.1. The Morgan fingerprint density at radius 3 is 1.39 bits per heavy atom. The smallest absolute Gasteiger partial charge is 0.396 e. The summed E-state index contributed by atoms with van der Waals surface area (Å²) in [6.07, 6.45) is 3.34. The minimum absolute atomic E-state index is 0.164. The van der Waals surface area contributed by atoms with Crippen molar-refractivity contribution in [3.8, 4) is 0 Å². The number of halogens is 4. The number of alkyl halides is 4. The Balaban J connectivity index is 1.58. The van der Waals surface area contributed by atoms with E-state index in [0.29, 0.717) is 59.4 Å². The third-order valence-electron chi connectivity index (χ3n) is 6.04. The molecule has 0 unspecified atom stereocenters. The number of esters is 2. The Morgan fingerprint density at radius 1 is 0.694 bits per heavy atom. The van der Waals surface area contributed by atoms with Gasteiger partial charge in [0.2, 0.25) is 0 Å². The van der Waals surface area contributed by atoms with Crippen LogP contribution in [0.3, 0.4) is 0 Å². The van der Waals surface area contributed by atoms with E-state index in [2.05, 4.69) is 9.47 Å². The van der Waals surface area contributed by atoms with Crippen molar-refractivity contribution < 1.29 is 46.2 Å². The number of fused-ring (bicyclic) bond motifs is 2. The van der Waals surface area contributed by atoms with Gasteiger partial charge in [0.1, 0.15) is 10.0 Å². The molecule has 0 saturated carbocycles. The first-order valence-electron chi connectivity index (χ1n) is 10.8. The van der Waals surface area contributed by atoms with Gasteiger partial charge in [0.25, 0.3) is 0 Å². The fourth-order valence-corrected chi connectivity index (χ4v) is 6.81. The van der Waals surface area contributed by atoms with Gasteiger partial charge in [0.15, 0.2) is 0 Å². The summed E-state index contributed by atoms with van der Waals surface area (Å²) in [4.78, 5) is 50.3. The number of carbonyl (C=O) groups is 4. The van der Waals surface area contributed by atoms with Gasteiger partial charge in [-0.15, -0.1) is 22.7 Å². The predicted molar refractivity (Wildman–Crippen MR) is 123 cm³/mol. The number of methoxy groups -OCH3 is 2. The van der Waals surface area contributed by atoms with E-state index in [0.717, 1.165) is 36.9 Å². The van der Waals surface area contributed by atoms with Crippen LogP contribution in [0, 0.1) is 0 Å². The van der Waals surface area contributed by atoms with Crippen molar-refractivity contribution in [3.63, 3.8) is 0 Å². The van der Waals surface area contributed by atoms with Gasteiger partial charge in [-0.25, -0.2) is 9.59 Å². The summed E-state index contributed by atoms with van der Waals surface area (Å²) in [5.41, 5.74) is 0.692. The van der Waals surface area contributed by atoms with Crippen LogP contribution in [0.25, 0.3) is 0 Å². The van der Waals surface area contributed by atoms with Crippen molar-refractivity contribution in [2.45, 2.75) is 50.4 Å². The maximum Gasteiger partial charge on any atom is 0.396 e. The zero-order chi connectivity index (χ0) is 26.4. The predicted octanol–water partition coefficient (Wildman–Crippen LogP) is 4.21. The SMILES string of the molecule is COC(=O)c1c(NC(=O)C(F)(F)C(F)(F)C(=O)Nc2sc3c(c2C(=O)OC)CCC3)sc2c1CCC2. The molecule has 2 amide bonds. The van der Waals surface area contributed by atoms with Gasteiger partial charge in [-0.05, 0) is 49.7 Å². The second-order valence-electron chi connectivity index (χ2n) is 8.16. The molecule has 2 N–H and O–H groups in total. The molecule has 4 rings (SSSR count). The highest BCUT2D eigenvalue weighted by Gasteiger charge is 2.67. The van der Waals surface area contributed by atoms with Gasteiger partial charge in [-0.2, -0.15) is 17.6 Å². The number of nitrogens with one attached hydrogen (secondary N) is 2. The molecule has 2 aromatic rings. The highest BCUT2D eigenvalue weighted by atomic mass is 32.1. The number of hydrogen-bond donors (Lipinski definition) is 2. The zero-order valence-corrected chi connectivity index (χ0v) is 20.7. The average molecular weight is 549 g/mol. The lowest BCUT2D eigenvalue weighted by Crippen LogP contribution is -2.56. The monoisotopic (exact) mass is 548 g/mol. The standard InChI is InChI=1S/C22H20F4N2O6S2/c1-33-17(29)13-9-5-3-7-11(9)35-15(13)27-19(31)21(23,24)22(25,26)20(32)28-16-14(18(30)34-2)10-6-4-8-12(10)36-16/h3-8H2,1-2H3,(H,27,31)(H,28,32). The molecule has 0 aromatic carbocycles. The third-order valence-corrected chi connectivity index (χ3v) is 8.45. The van der Waals surface area contributed by atoms with Crippen molar-refractivity contribution >= 4 is 56.4 Å². The molecule has 0 aliphatic heterocycles. The summed E-state index contributed by atoms with van der Waals surface area (Å²) in [7, 11) is 2.12. The number of thiophene rings is 2. The van der Waals surface area contributed by atoms with Crippen LogP contribution in [0.1, 0.15) is 54.4 Å². The number of ether oxygens (including phenoxy) is 2. The van der Waals surface area contributed by atoms with E-state index in [1.165, 1.54) is 0 Å². The quantitative estimate of drug-likeness (QED) is 0.396. The minimum atomic E-state index is -5.50. The Kier molecular flexibility index (Phi) is 6.86. The van der Waals surface area contributed by atoms with Crippen LogP contribution in [0.4, 0.5) is 27.6 Å². The summed E-state index contributed by atoms with van der Waals surface area (Å²) in [6, 6.07) is 0. The first-order valence-corrected chi connectivity index (χ1v) is 12.4. The summed E-state index contributed by atoms with van der Waals surface area (Å²) >= 11 is 1.64. The molecule has 14 heteroatoms. The van der Waals surface area contributed by atoms with E-state index in [-0.39, 0.29) is 21.1 Å². The van der Waals surface area contributed by atoms with Gasteiger partial charge in [-0.3, -0.25) is 9.59 Å². The highest BCUT2D eigenvalue weighted by Crippen LogP contribution is 2.43. The molecule has 0 radical (unpaired) electrons. The first kappa shape index (κ1) is 26.1. The summed E-state index contributed by atoms with van der Waals surface area (Å²) in [5, 5.41) is 2.67. The number of aryl methyl sites for hydroxylation is 2. The molecule has 36 heavy (non-hydrogen) atoms. The van der Waals surface area contributed by atoms with E-state index in [1.807, 2.05) is 0 Å². The maximum absolute atomic E-state index is 14.7. The molecule has 0 saturated heterocycles. The Labute approximate surface area is 210 Å². The molecule has 0 bridgehead atoms. The maximum atomic E-state index is 14.7. The lowest BCUT2D eigenvalue weighted by Gasteiger charge is -2.24. The molecule has 2 aliphatic carbocycles. The number of carbonyl (C=O) groups excluding carboxylic acids is 4. The molecule has 0 spiro atoms. The molecule has 8 nitrogen and oxygen atoms in total. The molecular weight excluding hydrogens is 528 g/mol. The summed E-state index contributed by atoms with van der Waals surface area (Å²) in [5.74, 6) is -17.7. The van der Waals surface area contributed by atoms with Crippen LogP contribution in [0.15, 0.2) is 0 Å². The van der Waals surface area contributed by atoms with Crippen LogP contribution in [-0.2, 0) is 44.7 Å². The van der Waals surface area contributed by atoms with Gasteiger partial charge < -0.3 is 20.1 Å². The van der Waals surface area contributed by atoms with Gasteiger partial charge in [0.05, 0.1) is 25.3 Å². The van der Waals surface area contributed by atoms with Crippen LogP contribution in [0.2, 0.25) is 0 Å². The number of amides is 2. The van der Waals surface area contributed by atoms with Gasteiger partial charge >= 0.3 is 35.6 Å². The Hall–Kier alpha value is -3.00. The largest absolute Gasteiger partial charge is 0.465 e. The van der Waals surface area contributed by atoms with Gasteiger partial charge in [0, 0.05) is 9.75 Å². The van der Waals surface area contributed by atoms with Gasteiger partial charge in [-0.1, -0.05) is 0 Å². The lowest BCUT2D eigenvalue weighted by molar-refractivity contribution is -0.204. The van der Waals surface area contributed by atoms with Crippen LogP contribution >= 0.6 is 22.7 Å². The average Bonchev–Trinajstić information content (AvgIpc) is 3.59. The van der Waals surface area contributed by atoms with Crippen molar-refractivity contribution in [2.24, 2.45) is 0 Å². The number of hydrogen-bond acceptors (Lipinski definition) is 8. The molecule has 2 heterocycles. The van der Waals surface area contributed by atoms with E-state index < -0.39 is 35.6 Å². The normalized spacial score (nSPS) is 14.7. The fraction of sp³-hybridized carbons (Fsp3) is 0.455. The molecule has 0 fully saturated rings. The third kappa shape index (κ3) is 4.15. The first-order chi connectivity index (χ1) is 16.9. The highest BCUT2D eigenvalue weighted by molar-refractivity contribution is 7.17. The second kappa shape index (κ2) is 9.47. The molecular formula is C22H20F4N2O6S2. The van der Waals surface area contributed by atoms with E-state index in [9.17, 15) is 36.7 Å². The topological polar surface area (TPSA) is 111 Å². The Morgan fingerprint density at radius 2 is 1.06 bits per heavy atom. The molecule has 2 aromatic heterocycles. The van der Waals surface area contributed by atoms with Crippen molar-refractivity contribution in [3.05, 3.63) is 32.0 Å². The number of anilines is 2. The molecule has 2 aliphatic rings. The zero-order valence-electron chi connectivity index (χ0n) is 19.0. The fourth-order valence-electron chi connectivity index (χ4n) is 4.27. The minimum Gasteiger partial charge on any atom is -0.465 e. The van der Waals surface area contributed by atoms with Crippen molar-refractivity contribution in [2.75, 3.05) is 24.9 Å². The van der Waals surface area contributed by atoms with Crippen molar-refractivity contribution in [1.82, 2.24) is 0 Å². The van der Waals surface area contributed by atoms with Crippen LogP contribution in [0.5, 0.6) is 0 Å². The second-order valence-corrected chi connectivity index (χ2v) is 10.4.